The molecule has 3 rings (SSSR count). The Morgan fingerprint density at radius 1 is 0.818 bits per heavy atom. The molecule has 242 valence electrons. The summed E-state index contributed by atoms with van der Waals surface area (Å²) in [6.45, 7) is 3.10. The Morgan fingerprint density at radius 2 is 1.55 bits per heavy atom. The van der Waals surface area contributed by atoms with Crippen molar-refractivity contribution in [1.82, 2.24) is 0 Å². The summed E-state index contributed by atoms with van der Waals surface area (Å²) < 4.78 is 12.0. The number of Topliss-reactive ketones (excluding diaryl/α,β-unsaturated/α-hetero) is 1. The molecule has 2 aromatic rings. The molecule has 1 aliphatic rings. The average Bonchev–Trinajstić information content (AvgIpc) is 2.99. The minimum atomic E-state index is -0.854. The van der Waals surface area contributed by atoms with Crippen molar-refractivity contribution in [1.29, 1.82) is 0 Å². The summed E-state index contributed by atoms with van der Waals surface area (Å²) in [5.74, 6) is 0.0193. The third-order valence-electron chi connectivity index (χ3n) is 8.33. The summed E-state index contributed by atoms with van der Waals surface area (Å²) in [5.41, 5.74) is 4.93. The van der Waals surface area contributed by atoms with E-state index in [9.17, 15) is 24.6 Å². The Labute approximate surface area is 261 Å². The lowest BCUT2D eigenvalue weighted by molar-refractivity contribution is -0.138. The highest BCUT2D eigenvalue weighted by Gasteiger charge is 2.23. The number of rotatable bonds is 22. The highest BCUT2D eigenvalue weighted by Crippen LogP contribution is 2.33. The van der Waals surface area contributed by atoms with Crippen LogP contribution in [-0.2, 0) is 35.3 Å². The van der Waals surface area contributed by atoms with Gasteiger partial charge in [0.2, 0.25) is 0 Å². The van der Waals surface area contributed by atoms with E-state index in [2.05, 4.69) is 6.92 Å². The van der Waals surface area contributed by atoms with Crippen LogP contribution < -0.4 is 9.47 Å². The lowest BCUT2D eigenvalue weighted by Gasteiger charge is -2.22. The summed E-state index contributed by atoms with van der Waals surface area (Å²) in [7, 11) is 0. The molecule has 0 spiro atoms. The number of carboxylic acid groups (broad SMARTS) is 2. The molecule has 0 aliphatic carbocycles. The highest BCUT2D eigenvalue weighted by atomic mass is 16.5. The van der Waals surface area contributed by atoms with Crippen LogP contribution in [0.15, 0.2) is 30.3 Å². The number of carbonyl (C=O) groups is 3. The molecule has 8 heteroatoms. The van der Waals surface area contributed by atoms with Crippen LogP contribution in [0, 0.1) is 0 Å². The normalized spacial score (nSPS) is 13.3. The number of aliphatic hydroxyl groups is 1. The third kappa shape index (κ3) is 11.6. The predicted octanol–water partition coefficient (Wildman–Crippen LogP) is 7.13. The number of benzene rings is 2. The van der Waals surface area contributed by atoms with Crippen molar-refractivity contribution in [3.63, 3.8) is 0 Å². The zero-order valence-corrected chi connectivity index (χ0v) is 26.3. The number of carbonyl (C=O) groups excluding carboxylic acids is 1. The van der Waals surface area contributed by atoms with Crippen molar-refractivity contribution in [2.75, 3.05) is 13.2 Å². The van der Waals surface area contributed by atoms with Gasteiger partial charge in [-0.1, -0.05) is 57.2 Å². The second kappa shape index (κ2) is 19.1. The van der Waals surface area contributed by atoms with Gasteiger partial charge in [0.25, 0.3) is 0 Å². The number of ketones is 1. The molecule has 1 unspecified atom stereocenters. The van der Waals surface area contributed by atoms with Crippen LogP contribution in [0.5, 0.6) is 11.5 Å². The summed E-state index contributed by atoms with van der Waals surface area (Å²) in [4.78, 5) is 34.3. The van der Waals surface area contributed by atoms with E-state index in [-0.39, 0.29) is 18.6 Å². The van der Waals surface area contributed by atoms with Crippen LogP contribution in [0.25, 0.3) is 0 Å². The van der Waals surface area contributed by atoms with E-state index in [0.29, 0.717) is 57.3 Å². The second-order valence-corrected chi connectivity index (χ2v) is 11.8. The maximum Gasteiger partial charge on any atom is 0.303 e. The Morgan fingerprint density at radius 3 is 2.30 bits per heavy atom. The van der Waals surface area contributed by atoms with Crippen molar-refractivity contribution in [3.8, 4) is 11.5 Å². The van der Waals surface area contributed by atoms with Gasteiger partial charge in [0.15, 0.2) is 5.78 Å². The van der Waals surface area contributed by atoms with E-state index in [0.717, 1.165) is 86.0 Å². The maximum absolute atomic E-state index is 12.3. The largest absolute Gasteiger partial charge is 0.493 e. The Bertz CT molecular complexity index is 1220. The Kier molecular flexibility index (Phi) is 15.2. The van der Waals surface area contributed by atoms with Gasteiger partial charge in [-0.2, -0.15) is 0 Å². The summed E-state index contributed by atoms with van der Waals surface area (Å²) in [5, 5.41) is 28.9. The predicted molar refractivity (Wildman–Crippen MR) is 170 cm³/mol. The van der Waals surface area contributed by atoms with Gasteiger partial charge < -0.3 is 24.8 Å². The number of unbranched alkanes of at least 4 members (excludes halogenated alkanes) is 5. The molecule has 8 nitrogen and oxygen atoms in total. The lowest BCUT2D eigenvalue weighted by atomic mass is 9.91. The minimum Gasteiger partial charge on any atom is -0.493 e. The van der Waals surface area contributed by atoms with Crippen LogP contribution in [0.1, 0.15) is 123 Å². The molecule has 0 amide bonds. The fourth-order valence-electron chi connectivity index (χ4n) is 5.95. The van der Waals surface area contributed by atoms with Crippen molar-refractivity contribution >= 4 is 17.7 Å². The van der Waals surface area contributed by atoms with Gasteiger partial charge in [-0.25, -0.2) is 0 Å². The monoisotopic (exact) mass is 610 g/mol. The zero-order chi connectivity index (χ0) is 31.7. The summed E-state index contributed by atoms with van der Waals surface area (Å²) in [6, 6.07) is 9.76. The lowest BCUT2D eigenvalue weighted by Crippen LogP contribution is -2.18. The van der Waals surface area contributed by atoms with Crippen molar-refractivity contribution < 1.29 is 39.2 Å². The maximum atomic E-state index is 12.3. The third-order valence-corrected chi connectivity index (χ3v) is 8.33. The van der Waals surface area contributed by atoms with Crippen molar-refractivity contribution in [3.05, 3.63) is 58.1 Å². The van der Waals surface area contributed by atoms with Crippen LogP contribution in [0.3, 0.4) is 0 Å². The van der Waals surface area contributed by atoms with Gasteiger partial charge in [-0.05, 0) is 92.2 Å². The molecule has 1 heterocycles. The van der Waals surface area contributed by atoms with Crippen LogP contribution >= 0.6 is 0 Å². The van der Waals surface area contributed by atoms with E-state index < -0.39 is 18.0 Å². The van der Waals surface area contributed by atoms with E-state index in [1.807, 2.05) is 30.3 Å². The number of carboxylic acids is 2. The topological polar surface area (TPSA) is 130 Å². The molecule has 1 aliphatic heterocycles. The minimum absolute atomic E-state index is 0.0163. The molecular weight excluding hydrogens is 560 g/mol. The molecule has 3 N–H and O–H groups in total. The van der Waals surface area contributed by atoms with Gasteiger partial charge >= 0.3 is 11.9 Å². The van der Waals surface area contributed by atoms with Crippen molar-refractivity contribution in [2.24, 2.45) is 0 Å². The number of ether oxygens (including phenoxy) is 2. The van der Waals surface area contributed by atoms with Crippen LogP contribution in [0.4, 0.5) is 0 Å². The Balaban J connectivity index is 1.50. The van der Waals surface area contributed by atoms with Crippen LogP contribution in [0.2, 0.25) is 0 Å². The fourth-order valence-corrected chi connectivity index (χ4v) is 5.95. The number of hydrogen-bond acceptors (Lipinski definition) is 6. The molecule has 0 aromatic heterocycles. The zero-order valence-electron chi connectivity index (χ0n) is 26.3. The quantitative estimate of drug-likeness (QED) is 0.120. The molecule has 0 saturated heterocycles. The van der Waals surface area contributed by atoms with Gasteiger partial charge in [0, 0.05) is 19.3 Å². The standard InChI is InChI=1S/C36H50O8/c1-2-11-30-27(18-20-31-32(38)23-25-44-36(30)31)12-9-14-28(37)19-17-26-13-10-15-33(29(26)21-22-35(41)42)43-24-8-6-4-3-5-7-16-34(39)40/h10,13,15,18,20,28,37H,2-9,11-12,14,16-17,19,21-25H2,1H3,(H,39,40)(H,41,42). The smallest absolute Gasteiger partial charge is 0.303 e. The van der Waals surface area contributed by atoms with Crippen molar-refractivity contribution in [2.45, 2.75) is 122 Å². The van der Waals surface area contributed by atoms with Crippen LogP contribution in [-0.4, -0.2) is 52.4 Å². The van der Waals surface area contributed by atoms with E-state index >= 15 is 0 Å². The molecule has 0 bridgehead atoms. The molecule has 0 saturated carbocycles. The van der Waals surface area contributed by atoms with Gasteiger partial charge in [-0.15, -0.1) is 0 Å². The second-order valence-electron chi connectivity index (χ2n) is 11.8. The molecular formula is C36H50O8. The SMILES string of the molecule is CCCc1c(CCCC(O)CCc2cccc(OCCCCCCCCC(=O)O)c2CCC(=O)O)ccc2c1OCCC2=O. The first-order valence-electron chi connectivity index (χ1n) is 16.5. The molecule has 44 heavy (non-hydrogen) atoms. The molecule has 1 atom stereocenters. The number of fused-ring (bicyclic) bond motifs is 1. The van der Waals surface area contributed by atoms with E-state index in [1.54, 1.807) is 0 Å². The first-order valence-corrected chi connectivity index (χ1v) is 16.5. The van der Waals surface area contributed by atoms with E-state index in [1.165, 1.54) is 5.56 Å². The Hall–Kier alpha value is -3.39. The number of aliphatic hydroxyl groups excluding tert-OH is 1. The number of aliphatic carboxylic acids is 2. The summed E-state index contributed by atoms with van der Waals surface area (Å²) >= 11 is 0. The number of aryl methyl sites for hydroxylation is 2. The van der Waals surface area contributed by atoms with Gasteiger partial charge in [-0.3, -0.25) is 14.4 Å². The van der Waals surface area contributed by atoms with Gasteiger partial charge in [0.05, 0.1) is 24.9 Å². The summed E-state index contributed by atoms with van der Waals surface area (Å²) in [6.07, 6.45) is 11.5. The molecule has 0 radical (unpaired) electrons. The van der Waals surface area contributed by atoms with Gasteiger partial charge in [0.1, 0.15) is 11.5 Å². The fraction of sp³-hybridized carbons (Fsp3) is 0.583. The highest BCUT2D eigenvalue weighted by molar-refractivity contribution is 6.00. The van der Waals surface area contributed by atoms with E-state index in [4.69, 9.17) is 14.6 Å². The molecule has 0 fully saturated rings. The number of hydrogen-bond donors (Lipinski definition) is 3. The average molecular weight is 611 g/mol. The first-order chi connectivity index (χ1) is 21.3. The first kappa shape index (κ1) is 35.1. The molecule has 2 aromatic carbocycles.